The van der Waals surface area contributed by atoms with Gasteiger partial charge >= 0.3 is 0 Å². The topological polar surface area (TPSA) is 49.4 Å². The van der Waals surface area contributed by atoms with Crippen LogP contribution in [-0.4, -0.2) is 36.3 Å². The lowest BCUT2D eigenvalue weighted by atomic mass is 9.93. The van der Waals surface area contributed by atoms with Crippen molar-refractivity contribution in [2.45, 2.75) is 46.0 Å². The zero-order valence-corrected chi connectivity index (χ0v) is 14.3. The molecule has 23 heavy (non-hydrogen) atoms. The van der Waals surface area contributed by atoms with Gasteiger partial charge in [0.15, 0.2) is 0 Å². The lowest BCUT2D eigenvalue weighted by molar-refractivity contribution is -0.121. The number of likely N-dealkylation sites (tertiary alicyclic amines) is 1. The molecule has 2 rings (SSSR count). The smallest absolute Gasteiger partial charge is 0.253 e. The molecule has 1 saturated heterocycles. The van der Waals surface area contributed by atoms with Crippen LogP contribution in [0.15, 0.2) is 24.3 Å². The highest BCUT2D eigenvalue weighted by molar-refractivity contribution is 5.94. The van der Waals surface area contributed by atoms with Crippen molar-refractivity contribution in [2.75, 3.05) is 19.6 Å². The van der Waals surface area contributed by atoms with E-state index in [1.54, 1.807) is 0 Å². The largest absolute Gasteiger partial charge is 0.356 e. The zero-order chi connectivity index (χ0) is 16.7. The first kappa shape index (κ1) is 17.5. The van der Waals surface area contributed by atoms with E-state index in [4.69, 9.17) is 0 Å². The Morgan fingerprint density at radius 3 is 2.43 bits per heavy atom. The molecule has 0 radical (unpaired) electrons. The number of amides is 2. The van der Waals surface area contributed by atoms with Crippen LogP contribution in [0.4, 0.5) is 0 Å². The molecule has 4 heteroatoms. The summed E-state index contributed by atoms with van der Waals surface area (Å²) < 4.78 is 0. The third kappa shape index (κ3) is 5.38. The van der Waals surface area contributed by atoms with Crippen LogP contribution < -0.4 is 5.32 Å². The second-order valence-electron chi connectivity index (χ2n) is 6.49. The molecule has 1 aromatic carbocycles. The number of piperidine rings is 1. The van der Waals surface area contributed by atoms with Crippen LogP contribution in [0.25, 0.3) is 0 Å². The standard InChI is InChI=1S/C19H28N2O2/c1-3-4-18(22)20-12-9-16-10-13-21(14-11-16)19(23)17-7-5-15(2)6-8-17/h5-8,16H,3-4,9-14H2,1-2H3,(H,20,22). The maximum Gasteiger partial charge on any atom is 0.253 e. The molecule has 1 aliphatic heterocycles. The molecule has 0 unspecified atom stereocenters. The summed E-state index contributed by atoms with van der Waals surface area (Å²) in [6.07, 6.45) is 4.58. The molecule has 0 bridgehead atoms. The van der Waals surface area contributed by atoms with E-state index < -0.39 is 0 Å². The molecule has 1 aliphatic rings. The third-order valence-corrected chi connectivity index (χ3v) is 4.55. The minimum atomic E-state index is 0.139. The molecule has 0 atom stereocenters. The van der Waals surface area contributed by atoms with Gasteiger partial charge in [-0.3, -0.25) is 9.59 Å². The Morgan fingerprint density at radius 1 is 1.17 bits per heavy atom. The molecular weight excluding hydrogens is 288 g/mol. The number of aryl methyl sites for hydroxylation is 1. The van der Waals surface area contributed by atoms with Crippen molar-refractivity contribution in [3.63, 3.8) is 0 Å². The van der Waals surface area contributed by atoms with Crippen LogP contribution in [0.5, 0.6) is 0 Å². The Labute approximate surface area is 139 Å². The molecule has 0 aromatic heterocycles. The van der Waals surface area contributed by atoms with Gasteiger partial charge in [-0.25, -0.2) is 0 Å². The second-order valence-corrected chi connectivity index (χ2v) is 6.49. The van der Waals surface area contributed by atoms with E-state index in [2.05, 4.69) is 5.32 Å². The fourth-order valence-electron chi connectivity index (χ4n) is 3.03. The van der Waals surface area contributed by atoms with Gasteiger partial charge in [-0.15, -0.1) is 0 Å². The zero-order valence-electron chi connectivity index (χ0n) is 14.3. The lowest BCUT2D eigenvalue weighted by Crippen LogP contribution is -2.39. The van der Waals surface area contributed by atoms with Gasteiger partial charge in [0.2, 0.25) is 5.91 Å². The summed E-state index contributed by atoms with van der Waals surface area (Å²) in [4.78, 5) is 25.9. The molecular formula is C19H28N2O2. The second kappa shape index (κ2) is 8.70. The molecule has 0 aliphatic carbocycles. The molecule has 126 valence electrons. The lowest BCUT2D eigenvalue weighted by Gasteiger charge is -2.32. The number of hydrogen-bond acceptors (Lipinski definition) is 2. The summed E-state index contributed by atoms with van der Waals surface area (Å²) in [5.74, 6) is 0.901. The number of hydrogen-bond donors (Lipinski definition) is 1. The maximum atomic E-state index is 12.5. The monoisotopic (exact) mass is 316 g/mol. The number of carbonyl (C=O) groups is 2. The van der Waals surface area contributed by atoms with Crippen molar-refractivity contribution in [3.8, 4) is 0 Å². The predicted molar refractivity (Wildman–Crippen MR) is 92.3 cm³/mol. The summed E-state index contributed by atoms with van der Waals surface area (Å²) in [6.45, 7) is 6.44. The van der Waals surface area contributed by atoms with E-state index >= 15 is 0 Å². The summed E-state index contributed by atoms with van der Waals surface area (Å²) in [7, 11) is 0. The first-order valence-corrected chi connectivity index (χ1v) is 8.72. The number of nitrogens with one attached hydrogen (secondary N) is 1. The van der Waals surface area contributed by atoms with Gasteiger partial charge in [0, 0.05) is 31.6 Å². The maximum absolute atomic E-state index is 12.5. The van der Waals surface area contributed by atoms with Crippen LogP contribution in [-0.2, 0) is 4.79 Å². The van der Waals surface area contributed by atoms with Gasteiger partial charge in [0.05, 0.1) is 0 Å². The molecule has 1 heterocycles. The van der Waals surface area contributed by atoms with Gasteiger partial charge in [-0.2, -0.15) is 0 Å². The highest BCUT2D eigenvalue weighted by atomic mass is 16.2. The Hall–Kier alpha value is -1.84. The molecule has 0 saturated carbocycles. The highest BCUT2D eigenvalue weighted by Crippen LogP contribution is 2.21. The quantitative estimate of drug-likeness (QED) is 0.876. The van der Waals surface area contributed by atoms with Gasteiger partial charge < -0.3 is 10.2 Å². The Balaban J connectivity index is 1.72. The van der Waals surface area contributed by atoms with Crippen molar-refractivity contribution >= 4 is 11.8 Å². The minimum Gasteiger partial charge on any atom is -0.356 e. The first-order valence-electron chi connectivity index (χ1n) is 8.72. The van der Waals surface area contributed by atoms with Gasteiger partial charge in [0.25, 0.3) is 5.91 Å². The molecule has 1 N–H and O–H groups in total. The van der Waals surface area contributed by atoms with Crippen molar-refractivity contribution in [1.82, 2.24) is 10.2 Å². The van der Waals surface area contributed by atoms with Crippen LogP contribution in [0, 0.1) is 12.8 Å². The SMILES string of the molecule is CCCC(=O)NCCC1CCN(C(=O)c2ccc(C)cc2)CC1. The highest BCUT2D eigenvalue weighted by Gasteiger charge is 2.23. The fourth-order valence-corrected chi connectivity index (χ4v) is 3.03. The summed E-state index contributed by atoms with van der Waals surface area (Å²) >= 11 is 0. The summed E-state index contributed by atoms with van der Waals surface area (Å²) in [5.41, 5.74) is 1.95. The van der Waals surface area contributed by atoms with Crippen LogP contribution in [0.1, 0.15) is 54.9 Å². The normalized spacial score (nSPS) is 15.5. The van der Waals surface area contributed by atoms with E-state index in [0.29, 0.717) is 12.3 Å². The molecule has 0 spiro atoms. The number of nitrogens with zero attached hydrogens (tertiary/aromatic N) is 1. The van der Waals surface area contributed by atoms with Crippen LogP contribution >= 0.6 is 0 Å². The molecule has 4 nitrogen and oxygen atoms in total. The van der Waals surface area contributed by atoms with E-state index in [-0.39, 0.29) is 11.8 Å². The van der Waals surface area contributed by atoms with Gasteiger partial charge in [-0.1, -0.05) is 24.6 Å². The van der Waals surface area contributed by atoms with Crippen molar-refractivity contribution in [1.29, 1.82) is 0 Å². The van der Waals surface area contributed by atoms with Crippen molar-refractivity contribution < 1.29 is 9.59 Å². The first-order chi connectivity index (χ1) is 11.1. The number of rotatable bonds is 6. The van der Waals surface area contributed by atoms with Crippen LogP contribution in [0.3, 0.4) is 0 Å². The van der Waals surface area contributed by atoms with E-state index in [1.165, 1.54) is 5.56 Å². The Bertz CT molecular complexity index is 517. The Morgan fingerprint density at radius 2 is 1.83 bits per heavy atom. The van der Waals surface area contributed by atoms with E-state index in [1.807, 2.05) is 43.0 Å². The predicted octanol–water partition coefficient (Wildman–Crippen LogP) is 3.15. The van der Waals surface area contributed by atoms with Crippen LogP contribution in [0.2, 0.25) is 0 Å². The molecule has 1 fully saturated rings. The van der Waals surface area contributed by atoms with E-state index in [9.17, 15) is 9.59 Å². The molecule has 1 aromatic rings. The third-order valence-electron chi connectivity index (χ3n) is 4.55. The average Bonchev–Trinajstić information content (AvgIpc) is 2.56. The van der Waals surface area contributed by atoms with Crippen molar-refractivity contribution in [3.05, 3.63) is 35.4 Å². The minimum absolute atomic E-state index is 0.139. The summed E-state index contributed by atoms with van der Waals surface area (Å²) in [5, 5.41) is 2.98. The van der Waals surface area contributed by atoms with Crippen molar-refractivity contribution in [2.24, 2.45) is 5.92 Å². The molecule has 2 amide bonds. The Kier molecular flexibility index (Phi) is 6.63. The summed E-state index contributed by atoms with van der Waals surface area (Å²) in [6, 6.07) is 7.79. The van der Waals surface area contributed by atoms with Gasteiger partial charge in [-0.05, 0) is 50.7 Å². The number of carbonyl (C=O) groups excluding carboxylic acids is 2. The van der Waals surface area contributed by atoms with Gasteiger partial charge in [0.1, 0.15) is 0 Å². The van der Waals surface area contributed by atoms with E-state index in [0.717, 1.165) is 50.9 Å². The number of benzene rings is 1. The average molecular weight is 316 g/mol. The fraction of sp³-hybridized carbons (Fsp3) is 0.579.